The Balaban J connectivity index is 1.39. The number of para-hydroxylation sites is 1. The second-order valence-electron chi connectivity index (χ2n) is 8.18. The van der Waals surface area contributed by atoms with Crippen LogP contribution in [0.3, 0.4) is 0 Å². The maximum absolute atomic E-state index is 6.98. The zero-order valence-corrected chi connectivity index (χ0v) is 23.5. The third kappa shape index (κ3) is 7.08. The molecule has 0 saturated carbocycles. The number of alkyl halides is 1. The lowest BCUT2D eigenvalue weighted by atomic mass is 10.1. The first-order valence-corrected chi connectivity index (χ1v) is 13.5. The number of halogens is 6. The number of nitrogens with one attached hydrogen (secondary N) is 1. The number of rotatable bonds is 10. The molecule has 36 heavy (non-hydrogen) atoms. The van der Waals surface area contributed by atoms with E-state index in [0.29, 0.717) is 38.3 Å². The van der Waals surface area contributed by atoms with Gasteiger partial charge in [0.2, 0.25) is 0 Å². The topological polar surface area (TPSA) is 27.7 Å². The molecular weight excluding hydrogens is 583 g/mol. The van der Waals surface area contributed by atoms with Crippen LogP contribution in [0.1, 0.15) is 17.2 Å². The third-order valence-corrected chi connectivity index (χ3v) is 7.62. The van der Waals surface area contributed by atoms with Crippen molar-refractivity contribution in [3.8, 4) is 0 Å². The highest BCUT2D eigenvalue weighted by molar-refractivity contribution is 6.39. The number of benzene rings is 3. The van der Waals surface area contributed by atoms with Gasteiger partial charge in [0.15, 0.2) is 0 Å². The van der Waals surface area contributed by atoms with Crippen molar-refractivity contribution >= 4 is 75.3 Å². The Kier molecular flexibility index (Phi) is 9.82. The first kappa shape index (κ1) is 27.5. The normalized spacial score (nSPS) is 14.8. The van der Waals surface area contributed by atoms with Crippen LogP contribution >= 0.6 is 69.6 Å². The SMILES string of the molecule is Clc1ccc(C(OCc2ccc(Cl)cc2Cl)C(Cl)N2C=CN(CCNc3c(Cl)cccc3Cl)C2)cc1. The van der Waals surface area contributed by atoms with Gasteiger partial charge in [0.1, 0.15) is 11.6 Å². The Morgan fingerprint density at radius 1 is 0.833 bits per heavy atom. The van der Waals surface area contributed by atoms with Crippen LogP contribution in [-0.4, -0.2) is 35.1 Å². The average molecular weight is 606 g/mol. The van der Waals surface area contributed by atoms with Gasteiger partial charge in [0.05, 0.1) is 29.0 Å². The van der Waals surface area contributed by atoms with E-state index >= 15 is 0 Å². The fourth-order valence-electron chi connectivity index (χ4n) is 3.76. The van der Waals surface area contributed by atoms with Gasteiger partial charge in [0, 0.05) is 40.6 Å². The third-order valence-electron chi connectivity index (χ3n) is 5.68. The Morgan fingerprint density at radius 2 is 1.53 bits per heavy atom. The van der Waals surface area contributed by atoms with Gasteiger partial charge in [-0.25, -0.2) is 0 Å². The summed E-state index contributed by atoms with van der Waals surface area (Å²) in [4.78, 5) is 4.16. The van der Waals surface area contributed by atoms with E-state index in [9.17, 15) is 0 Å². The highest BCUT2D eigenvalue weighted by Crippen LogP contribution is 2.33. The van der Waals surface area contributed by atoms with Crippen LogP contribution in [0.2, 0.25) is 25.1 Å². The minimum Gasteiger partial charge on any atom is -0.381 e. The molecule has 1 heterocycles. The van der Waals surface area contributed by atoms with Crippen molar-refractivity contribution in [1.82, 2.24) is 9.80 Å². The average Bonchev–Trinajstić information content (AvgIpc) is 3.32. The van der Waals surface area contributed by atoms with E-state index in [4.69, 9.17) is 74.3 Å². The van der Waals surface area contributed by atoms with Crippen LogP contribution in [0.4, 0.5) is 5.69 Å². The van der Waals surface area contributed by atoms with E-state index in [1.807, 2.05) is 53.7 Å². The lowest BCUT2D eigenvalue weighted by molar-refractivity contribution is 0.00698. The monoisotopic (exact) mass is 603 g/mol. The smallest absolute Gasteiger partial charge is 0.135 e. The van der Waals surface area contributed by atoms with Crippen LogP contribution in [0.5, 0.6) is 0 Å². The summed E-state index contributed by atoms with van der Waals surface area (Å²) in [5, 5.41) is 6.24. The van der Waals surface area contributed by atoms with Gasteiger partial charge in [-0.3, -0.25) is 0 Å². The summed E-state index contributed by atoms with van der Waals surface area (Å²) in [5.74, 6) is 0. The molecule has 190 valence electrons. The van der Waals surface area contributed by atoms with Gasteiger partial charge in [-0.2, -0.15) is 0 Å². The number of hydrogen-bond donors (Lipinski definition) is 1. The van der Waals surface area contributed by atoms with E-state index in [1.165, 1.54) is 0 Å². The molecule has 3 aromatic rings. The van der Waals surface area contributed by atoms with E-state index in [0.717, 1.165) is 23.4 Å². The molecule has 0 spiro atoms. The molecule has 1 aliphatic heterocycles. The van der Waals surface area contributed by atoms with Gasteiger partial charge in [-0.05, 0) is 47.5 Å². The van der Waals surface area contributed by atoms with Crippen molar-refractivity contribution in [3.63, 3.8) is 0 Å². The van der Waals surface area contributed by atoms with E-state index in [1.54, 1.807) is 24.3 Å². The number of nitrogens with zero attached hydrogens (tertiary/aromatic N) is 2. The Hall–Kier alpha value is -1.50. The maximum Gasteiger partial charge on any atom is 0.135 e. The number of ether oxygens (including phenoxy) is 1. The molecule has 4 nitrogen and oxygen atoms in total. The van der Waals surface area contributed by atoms with Gasteiger partial charge in [0.25, 0.3) is 0 Å². The molecule has 0 fully saturated rings. The molecule has 1 N–H and O–H groups in total. The molecule has 4 rings (SSSR count). The minimum atomic E-state index is -0.482. The van der Waals surface area contributed by atoms with Crippen molar-refractivity contribution in [1.29, 1.82) is 0 Å². The summed E-state index contributed by atoms with van der Waals surface area (Å²) in [6, 6.07) is 18.2. The van der Waals surface area contributed by atoms with Crippen LogP contribution < -0.4 is 5.32 Å². The predicted molar refractivity (Wildman–Crippen MR) is 153 cm³/mol. The molecule has 2 atom stereocenters. The zero-order chi connectivity index (χ0) is 25.7. The molecule has 0 aliphatic carbocycles. The maximum atomic E-state index is 6.98. The number of anilines is 1. The summed E-state index contributed by atoms with van der Waals surface area (Å²) in [6.45, 7) is 2.25. The van der Waals surface area contributed by atoms with Gasteiger partial charge in [-0.15, -0.1) is 0 Å². The van der Waals surface area contributed by atoms with Gasteiger partial charge < -0.3 is 19.9 Å². The second kappa shape index (κ2) is 12.8. The Labute approximate surface area is 241 Å². The fraction of sp³-hybridized carbons (Fsp3) is 0.231. The van der Waals surface area contributed by atoms with Crippen molar-refractivity contribution in [2.75, 3.05) is 25.1 Å². The molecule has 0 radical (unpaired) electrons. The molecule has 0 aromatic heterocycles. The molecule has 0 saturated heterocycles. The van der Waals surface area contributed by atoms with E-state index in [-0.39, 0.29) is 6.61 Å². The molecule has 1 aliphatic rings. The lowest BCUT2D eigenvalue weighted by Crippen LogP contribution is -2.36. The first-order chi connectivity index (χ1) is 17.3. The number of hydrogen-bond acceptors (Lipinski definition) is 4. The largest absolute Gasteiger partial charge is 0.381 e. The fourth-order valence-corrected chi connectivity index (χ4v) is 5.22. The predicted octanol–water partition coefficient (Wildman–Crippen LogP) is 8.93. The quantitative estimate of drug-likeness (QED) is 0.184. The lowest BCUT2D eigenvalue weighted by Gasteiger charge is -2.32. The van der Waals surface area contributed by atoms with Crippen molar-refractivity contribution in [3.05, 3.63) is 109 Å². The minimum absolute atomic E-state index is 0.274. The van der Waals surface area contributed by atoms with Crippen LogP contribution in [0.15, 0.2) is 73.1 Å². The first-order valence-electron chi connectivity index (χ1n) is 11.1. The molecule has 2 unspecified atom stereocenters. The van der Waals surface area contributed by atoms with Crippen molar-refractivity contribution in [2.45, 2.75) is 18.2 Å². The van der Waals surface area contributed by atoms with Gasteiger partial charge in [-0.1, -0.05) is 93.9 Å². The highest BCUT2D eigenvalue weighted by atomic mass is 35.5. The Morgan fingerprint density at radius 3 is 2.22 bits per heavy atom. The van der Waals surface area contributed by atoms with Crippen LogP contribution in [0, 0.1) is 0 Å². The summed E-state index contributed by atoms with van der Waals surface area (Å²) in [5.41, 5.74) is 1.98. The molecule has 0 amide bonds. The van der Waals surface area contributed by atoms with Crippen LogP contribution in [-0.2, 0) is 11.3 Å². The zero-order valence-electron chi connectivity index (χ0n) is 19.0. The Bertz CT molecular complexity index is 1190. The molecular formula is C26H23Cl6N3O. The van der Waals surface area contributed by atoms with Crippen molar-refractivity contribution in [2.24, 2.45) is 0 Å². The standard InChI is InChI=1S/C26H23Cl6N3O/c27-19-7-4-17(5-8-19)25(36-15-18-6-9-20(28)14-23(18)31)26(32)35-13-12-34(16-35)11-10-33-24-21(29)2-1-3-22(24)30/h1-9,12-14,25-26,33H,10-11,15-16H2. The van der Waals surface area contributed by atoms with Crippen molar-refractivity contribution < 1.29 is 4.74 Å². The molecule has 3 aromatic carbocycles. The summed E-state index contributed by atoms with van der Waals surface area (Å²) >= 11 is 38.0. The van der Waals surface area contributed by atoms with Gasteiger partial charge >= 0.3 is 0 Å². The molecule has 10 heteroatoms. The molecule has 0 bridgehead atoms. The van der Waals surface area contributed by atoms with E-state index in [2.05, 4.69) is 10.2 Å². The van der Waals surface area contributed by atoms with Crippen LogP contribution in [0.25, 0.3) is 0 Å². The second-order valence-corrected chi connectivity index (χ2v) is 10.7. The highest BCUT2D eigenvalue weighted by Gasteiger charge is 2.29. The van der Waals surface area contributed by atoms with E-state index < -0.39 is 11.6 Å². The summed E-state index contributed by atoms with van der Waals surface area (Å²) in [7, 11) is 0. The summed E-state index contributed by atoms with van der Waals surface area (Å²) < 4.78 is 6.31. The summed E-state index contributed by atoms with van der Waals surface area (Å²) in [6.07, 6.45) is 3.52.